The van der Waals surface area contributed by atoms with E-state index >= 15 is 0 Å². The minimum absolute atomic E-state index is 0.714. The van der Waals surface area contributed by atoms with Crippen LogP contribution in [-0.4, -0.2) is 9.97 Å². The lowest BCUT2D eigenvalue weighted by molar-refractivity contribution is 1.18. The SMILES string of the molecule is Brc1ccc(-c2cc(-c3ccccc3)nc(-c3cccc(-c4ccccc4)c3)n2)c2ccccc12. The quantitative estimate of drug-likeness (QED) is 0.235. The molecule has 3 heteroatoms. The van der Waals surface area contributed by atoms with Crippen molar-refractivity contribution in [3.8, 4) is 45.0 Å². The maximum Gasteiger partial charge on any atom is 0.160 e. The predicted molar refractivity (Wildman–Crippen MR) is 149 cm³/mol. The van der Waals surface area contributed by atoms with Gasteiger partial charge in [-0.3, -0.25) is 0 Å². The number of rotatable bonds is 4. The van der Waals surface area contributed by atoms with Crippen molar-refractivity contribution in [3.63, 3.8) is 0 Å². The van der Waals surface area contributed by atoms with Gasteiger partial charge in [0.25, 0.3) is 0 Å². The number of nitrogens with zero attached hydrogens (tertiary/aromatic N) is 2. The van der Waals surface area contributed by atoms with E-state index in [-0.39, 0.29) is 0 Å². The van der Waals surface area contributed by atoms with E-state index < -0.39 is 0 Å². The number of hydrogen-bond acceptors (Lipinski definition) is 2. The zero-order valence-corrected chi connectivity index (χ0v) is 20.5. The van der Waals surface area contributed by atoms with Gasteiger partial charge < -0.3 is 0 Å². The van der Waals surface area contributed by atoms with Crippen LogP contribution in [-0.2, 0) is 0 Å². The van der Waals surface area contributed by atoms with Gasteiger partial charge in [-0.1, -0.05) is 125 Å². The molecule has 0 spiro atoms. The summed E-state index contributed by atoms with van der Waals surface area (Å²) >= 11 is 3.70. The maximum atomic E-state index is 5.09. The van der Waals surface area contributed by atoms with Gasteiger partial charge in [0.15, 0.2) is 5.82 Å². The highest BCUT2D eigenvalue weighted by Gasteiger charge is 2.14. The average molecular weight is 513 g/mol. The molecule has 0 aliphatic rings. The van der Waals surface area contributed by atoms with Gasteiger partial charge in [0.05, 0.1) is 11.4 Å². The van der Waals surface area contributed by atoms with Crippen molar-refractivity contribution < 1.29 is 0 Å². The molecule has 2 nitrogen and oxygen atoms in total. The van der Waals surface area contributed by atoms with Crippen LogP contribution in [0.25, 0.3) is 55.8 Å². The van der Waals surface area contributed by atoms with Crippen LogP contribution in [0.2, 0.25) is 0 Å². The highest BCUT2D eigenvalue weighted by atomic mass is 79.9. The molecule has 0 amide bonds. The Morgan fingerprint density at radius 3 is 1.80 bits per heavy atom. The van der Waals surface area contributed by atoms with Crippen LogP contribution in [0.1, 0.15) is 0 Å². The van der Waals surface area contributed by atoms with E-state index in [2.05, 4.69) is 119 Å². The molecule has 6 aromatic rings. The van der Waals surface area contributed by atoms with Crippen LogP contribution in [0.5, 0.6) is 0 Å². The molecule has 0 saturated heterocycles. The van der Waals surface area contributed by atoms with Crippen molar-refractivity contribution in [2.75, 3.05) is 0 Å². The third-order valence-corrected chi connectivity index (χ3v) is 6.86. The molecule has 0 N–H and O–H groups in total. The third kappa shape index (κ3) is 4.27. The molecule has 0 radical (unpaired) electrons. The lowest BCUT2D eigenvalue weighted by atomic mass is 10.00. The van der Waals surface area contributed by atoms with Gasteiger partial charge in [0, 0.05) is 21.2 Å². The molecular formula is C32H21BrN2. The molecule has 0 aliphatic heterocycles. The summed E-state index contributed by atoms with van der Waals surface area (Å²) in [4.78, 5) is 10.1. The maximum absolute atomic E-state index is 5.09. The second kappa shape index (κ2) is 9.28. The predicted octanol–water partition coefficient (Wildman–Crippen LogP) is 9.06. The van der Waals surface area contributed by atoms with Gasteiger partial charge in [-0.05, 0) is 40.1 Å². The standard InChI is InChI=1S/C32H21BrN2/c33-29-19-18-28(26-16-7-8-17-27(26)29)31-21-30(23-12-5-2-6-13-23)34-32(35-31)25-15-9-14-24(20-25)22-10-3-1-4-11-22/h1-21H. The smallest absolute Gasteiger partial charge is 0.160 e. The summed E-state index contributed by atoms with van der Waals surface area (Å²) in [6, 6.07) is 43.9. The number of halogens is 1. The highest BCUT2D eigenvalue weighted by molar-refractivity contribution is 9.10. The Hall–Kier alpha value is -4.08. The Labute approximate surface area is 213 Å². The lowest BCUT2D eigenvalue weighted by Crippen LogP contribution is -1.96. The van der Waals surface area contributed by atoms with Gasteiger partial charge in [-0.2, -0.15) is 0 Å². The summed E-state index contributed by atoms with van der Waals surface area (Å²) in [6.07, 6.45) is 0. The van der Waals surface area contributed by atoms with Crippen LogP contribution in [0.3, 0.4) is 0 Å². The molecule has 0 unspecified atom stereocenters. The summed E-state index contributed by atoms with van der Waals surface area (Å²) in [5, 5.41) is 2.32. The van der Waals surface area contributed by atoms with E-state index in [9.17, 15) is 0 Å². The molecular weight excluding hydrogens is 492 g/mol. The first-order chi connectivity index (χ1) is 17.3. The fourth-order valence-corrected chi connectivity index (χ4v) is 4.90. The highest BCUT2D eigenvalue weighted by Crippen LogP contribution is 2.35. The number of benzene rings is 5. The average Bonchev–Trinajstić information content (AvgIpc) is 2.94. The third-order valence-electron chi connectivity index (χ3n) is 6.17. The Morgan fingerprint density at radius 2 is 1.03 bits per heavy atom. The monoisotopic (exact) mass is 512 g/mol. The van der Waals surface area contributed by atoms with E-state index in [1.807, 2.05) is 24.3 Å². The van der Waals surface area contributed by atoms with Crippen molar-refractivity contribution in [2.45, 2.75) is 0 Å². The van der Waals surface area contributed by atoms with Gasteiger partial charge in [-0.15, -0.1) is 0 Å². The second-order valence-corrected chi connectivity index (χ2v) is 9.27. The Bertz CT molecular complexity index is 1640. The molecule has 5 aromatic carbocycles. The Morgan fingerprint density at radius 1 is 0.429 bits per heavy atom. The number of hydrogen-bond donors (Lipinski definition) is 0. The van der Waals surface area contributed by atoms with Gasteiger partial charge in [0.2, 0.25) is 0 Å². The normalized spacial score (nSPS) is 11.0. The summed E-state index contributed by atoms with van der Waals surface area (Å²) in [6.45, 7) is 0. The van der Waals surface area contributed by atoms with Crippen LogP contribution in [0, 0.1) is 0 Å². The zero-order chi connectivity index (χ0) is 23.6. The number of aromatic nitrogens is 2. The zero-order valence-electron chi connectivity index (χ0n) is 18.9. The van der Waals surface area contributed by atoms with Crippen LogP contribution < -0.4 is 0 Å². The Kier molecular flexibility index (Phi) is 5.69. The lowest BCUT2D eigenvalue weighted by Gasteiger charge is -2.12. The van der Waals surface area contributed by atoms with Crippen LogP contribution in [0.15, 0.2) is 132 Å². The topological polar surface area (TPSA) is 25.8 Å². The first kappa shape index (κ1) is 21.5. The van der Waals surface area contributed by atoms with Crippen molar-refractivity contribution in [3.05, 3.63) is 132 Å². The van der Waals surface area contributed by atoms with E-state index in [0.29, 0.717) is 5.82 Å². The molecule has 166 valence electrons. The van der Waals surface area contributed by atoms with Crippen LogP contribution in [0.4, 0.5) is 0 Å². The van der Waals surface area contributed by atoms with Crippen molar-refractivity contribution in [2.24, 2.45) is 0 Å². The van der Waals surface area contributed by atoms with Gasteiger partial charge in [-0.25, -0.2) is 9.97 Å². The molecule has 0 bridgehead atoms. The molecule has 0 saturated carbocycles. The van der Waals surface area contributed by atoms with E-state index in [4.69, 9.17) is 9.97 Å². The summed E-state index contributed by atoms with van der Waals surface area (Å²) < 4.78 is 1.07. The minimum Gasteiger partial charge on any atom is -0.228 e. The van der Waals surface area contributed by atoms with E-state index in [0.717, 1.165) is 48.9 Å². The molecule has 0 atom stereocenters. The summed E-state index contributed by atoms with van der Waals surface area (Å²) in [5.41, 5.74) is 7.28. The fraction of sp³-hybridized carbons (Fsp3) is 0. The van der Waals surface area contributed by atoms with E-state index in [1.54, 1.807) is 0 Å². The molecule has 6 rings (SSSR count). The summed E-state index contributed by atoms with van der Waals surface area (Å²) in [5.74, 6) is 0.714. The number of fused-ring (bicyclic) bond motifs is 1. The molecule has 1 aromatic heterocycles. The van der Waals surface area contributed by atoms with Gasteiger partial charge >= 0.3 is 0 Å². The first-order valence-corrected chi connectivity index (χ1v) is 12.3. The molecule has 0 aliphatic carbocycles. The fourth-order valence-electron chi connectivity index (χ4n) is 4.43. The van der Waals surface area contributed by atoms with E-state index in [1.165, 1.54) is 5.56 Å². The molecule has 0 fully saturated rings. The Balaban J connectivity index is 1.57. The van der Waals surface area contributed by atoms with Crippen molar-refractivity contribution >= 4 is 26.7 Å². The first-order valence-electron chi connectivity index (χ1n) is 11.5. The summed E-state index contributed by atoms with van der Waals surface area (Å²) in [7, 11) is 0. The minimum atomic E-state index is 0.714. The molecule has 1 heterocycles. The van der Waals surface area contributed by atoms with Crippen molar-refractivity contribution in [1.29, 1.82) is 0 Å². The van der Waals surface area contributed by atoms with Crippen LogP contribution >= 0.6 is 15.9 Å². The second-order valence-electron chi connectivity index (χ2n) is 8.42. The van der Waals surface area contributed by atoms with Crippen molar-refractivity contribution in [1.82, 2.24) is 9.97 Å². The van der Waals surface area contributed by atoms with Gasteiger partial charge in [0.1, 0.15) is 0 Å². The largest absolute Gasteiger partial charge is 0.228 e. The molecule has 35 heavy (non-hydrogen) atoms.